The Morgan fingerprint density at radius 3 is 2.57 bits per heavy atom. The van der Waals surface area contributed by atoms with Crippen LogP contribution in [0.15, 0.2) is 48.5 Å². The van der Waals surface area contributed by atoms with Gasteiger partial charge in [0.25, 0.3) is 5.91 Å². The number of hydrogen-bond donors (Lipinski definition) is 1. The van der Waals surface area contributed by atoms with Crippen molar-refractivity contribution in [2.24, 2.45) is 0 Å². The molecule has 1 aliphatic heterocycles. The Labute approximate surface area is 136 Å². The lowest BCUT2D eigenvalue weighted by Crippen LogP contribution is -2.41. The van der Waals surface area contributed by atoms with E-state index in [1.54, 1.807) is 31.4 Å². The molecule has 1 amide bonds. The van der Waals surface area contributed by atoms with E-state index < -0.39 is 0 Å². The van der Waals surface area contributed by atoms with Gasteiger partial charge in [-0.3, -0.25) is 4.79 Å². The van der Waals surface area contributed by atoms with Crippen molar-refractivity contribution in [3.8, 4) is 11.5 Å². The molecule has 0 saturated carbocycles. The van der Waals surface area contributed by atoms with E-state index in [1.165, 1.54) is 0 Å². The first-order valence-electron chi connectivity index (χ1n) is 7.71. The molecule has 1 heterocycles. The van der Waals surface area contributed by atoms with E-state index in [2.05, 4.69) is 5.32 Å². The van der Waals surface area contributed by atoms with Crippen molar-refractivity contribution in [3.05, 3.63) is 59.7 Å². The molecule has 0 saturated heterocycles. The molecule has 4 nitrogen and oxygen atoms in total. The predicted octanol–water partition coefficient (Wildman–Crippen LogP) is 3.73. The molecular weight excluding hydrogens is 290 g/mol. The first kappa shape index (κ1) is 15.4. The summed E-state index contributed by atoms with van der Waals surface area (Å²) in [6, 6.07) is 14.9. The van der Waals surface area contributed by atoms with Gasteiger partial charge in [-0.05, 0) is 44.2 Å². The van der Waals surface area contributed by atoms with Crippen molar-refractivity contribution in [2.45, 2.75) is 31.9 Å². The maximum atomic E-state index is 12.5. The van der Waals surface area contributed by atoms with Crippen molar-refractivity contribution in [1.29, 1.82) is 0 Å². The van der Waals surface area contributed by atoms with Crippen molar-refractivity contribution >= 4 is 5.91 Å². The normalized spacial score (nSPS) is 18.5. The Kier molecular flexibility index (Phi) is 3.99. The third kappa shape index (κ3) is 3.31. The van der Waals surface area contributed by atoms with Crippen molar-refractivity contribution in [2.75, 3.05) is 7.11 Å². The SMILES string of the molecule is COc1ccc(C(=O)N[C@@H]2CC(C)(C)Oc3ccccc32)cc1. The summed E-state index contributed by atoms with van der Waals surface area (Å²) >= 11 is 0. The molecule has 2 aromatic rings. The lowest BCUT2D eigenvalue weighted by Gasteiger charge is -2.37. The minimum atomic E-state index is -0.313. The van der Waals surface area contributed by atoms with E-state index in [-0.39, 0.29) is 17.6 Å². The van der Waals surface area contributed by atoms with Gasteiger partial charge in [0.15, 0.2) is 0 Å². The molecule has 4 heteroatoms. The Balaban J connectivity index is 1.82. The van der Waals surface area contributed by atoms with Crippen LogP contribution >= 0.6 is 0 Å². The largest absolute Gasteiger partial charge is 0.497 e. The fourth-order valence-corrected chi connectivity index (χ4v) is 2.91. The number of hydrogen-bond acceptors (Lipinski definition) is 3. The third-order valence-corrected chi connectivity index (χ3v) is 4.03. The maximum Gasteiger partial charge on any atom is 0.251 e. The number of amides is 1. The number of carbonyl (C=O) groups excluding carboxylic acids is 1. The Bertz CT molecular complexity index is 707. The lowest BCUT2D eigenvalue weighted by molar-refractivity contribution is 0.0620. The molecule has 0 unspecified atom stereocenters. The quantitative estimate of drug-likeness (QED) is 0.939. The molecule has 0 spiro atoms. The Morgan fingerprint density at radius 2 is 1.87 bits per heavy atom. The average Bonchev–Trinajstić information content (AvgIpc) is 2.54. The number of fused-ring (bicyclic) bond motifs is 1. The molecule has 23 heavy (non-hydrogen) atoms. The zero-order chi connectivity index (χ0) is 16.4. The number of benzene rings is 2. The summed E-state index contributed by atoms with van der Waals surface area (Å²) in [5.41, 5.74) is 1.33. The smallest absolute Gasteiger partial charge is 0.251 e. The zero-order valence-corrected chi connectivity index (χ0v) is 13.6. The van der Waals surface area contributed by atoms with Gasteiger partial charge in [0.1, 0.15) is 17.1 Å². The van der Waals surface area contributed by atoms with E-state index in [1.807, 2.05) is 38.1 Å². The van der Waals surface area contributed by atoms with E-state index in [0.717, 1.165) is 23.5 Å². The summed E-state index contributed by atoms with van der Waals surface area (Å²) < 4.78 is 11.1. The van der Waals surface area contributed by atoms with E-state index >= 15 is 0 Å². The first-order valence-corrected chi connectivity index (χ1v) is 7.71. The molecule has 0 aromatic heterocycles. The molecule has 2 aromatic carbocycles. The second kappa shape index (κ2) is 5.95. The number of methoxy groups -OCH3 is 1. The number of ether oxygens (including phenoxy) is 2. The van der Waals surface area contributed by atoms with Gasteiger partial charge in [0.05, 0.1) is 13.2 Å². The van der Waals surface area contributed by atoms with Gasteiger partial charge in [0.2, 0.25) is 0 Å². The van der Waals surface area contributed by atoms with Gasteiger partial charge in [0, 0.05) is 17.5 Å². The third-order valence-electron chi connectivity index (χ3n) is 4.03. The number of para-hydroxylation sites is 1. The number of rotatable bonds is 3. The van der Waals surface area contributed by atoms with Gasteiger partial charge in [-0.15, -0.1) is 0 Å². The standard InChI is InChI=1S/C19H21NO3/c1-19(2)12-16(15-6-4-5-7-17(15)23-19)20-18(21)13-8-10-14(22-3)11-9-13/h4-11,16H,12H2,1-3H3,(H,20,21)/t16-/m1/s1. The molecule has 120 valence electrons. The number of carbonyl (C=O) groups is 1. The van der Waals surface area contributed by atoms with Crippen molar-refractivity contribution in [1.82, 2.24) is 5.32 Å². The fraction of sp³-hybridized carbons (Fsp3) is 0.316. The van der Waals surface area contributed by atoms with Crippen LogP contribution in [0.3, 0.4) is 0 Å². The molecule has 0 bridgehead atoms. The van der Waals surface area contributed by atoms with Gasteiger partial charge in [-0.1, -0.05) is 18.2 Å². The summed E-state index contributed by atoms with van der Waals surface area (Å²) in [5, 5.41) is 3.12. The van der Waals surface area contributed by atoms with Gasteiger partial charge in [-0.25, -0.2) is 0 Å². The summed E-state index contributed by atoms with van der Waals surface area (Å²) in [4.78, 5) is 12.5. The lowest BCUT2D eigenvalue weighted by atomic mass is 9.89. The summed E-state index contributed by atoms with van der Waals surface area (Å²) in [5.74, 6) is 1.48. The van der Waals surface area contributed by atoms with Crippen LogP contribution in [-0.4, -0.2) is 18.6 Å². The predicted molar refractivity (Wildman–Crippen MR) is 89.0 cm³/mol. The van der Waals surface area contributed by atoms with E-state index in [4.69, 9.17) is 9.47 Å². The van der Waals surface area contributed by atoms with Gasteiger partial charge in [-0.2, -0.15) is 0 Å². The van der Waals surface area contributed by atoms with E-state index in [9.17, 15) is 4.79 Å². The minimum Gasteiger partial charge on any atom is -0.497 e. The van der Waals surface area contributed by atoms with Crippen LogP contribution in [0.1, 0.15) is 42.2 Å². The van der Waals surface area contributed by atoms with Crippen LogP contribution in [0.25, 0.3) is 0 Å². The van der Waals surface area contributed by atoms with Crippen LogP contribution in [0.4, 0.5) is 0 Å². The summed E-state index contributed by atoms with van der Waals surface area (Å²) in [7, 11) is 1.61. The molecular formula is C19H21NO3. The first-order chi connectivity index (χ1) is 11.0. The zero-order valence-electron chi connectivity index (χ0n) is 13.6. The highest BCUT2D eigenvalue weighted by atomic mass is 16.5. The van der Waals surface area contributed by atoms with Crippen LogP contribution < -0.4 is 14.8 Å². The molecule has 1 aliphatic rings. The molecule has 3 rings (SSSR count). The van der Waals surface area contributed by atoms with Crippen LogP contribution in [0, 0.1) is 0 Å². The monoisotopic (exact) mass is 311 g/mol. The highest BCUT2D eigenvalue weighted by Crippen LogP contribution is 2.39. The topological polar surface area (TPSA) is 47.6 Å². The minimum absolute atomic E-state index is 0.0652. The summed E-state index contributed by atoms with van der Waals surface area (Å²) in [6.07, 6.45) is 0.728. The number of nitrogens with one attached hydrogen (secondary N) is 1. The molecule has 1 N–H and O–H groups in total. The van der Waals surface area contributed by atoms with Crippen LogP contribution in [0.2, 0.25) is 0 Å². The van der Waals surface area contributed by atoms with Crippen molar-refractivity contribution < 1.29 is 14.3 Å². The molecule has 0 fully saturated rings. The molecule has 1 atom stereocenters. The van der Waals surface area contributed by atoms with E-state index in [0.29, 0.717) is 5.56 Å². The molecule has 0 aliphatic carbocycles. The summed E-state index contributed by atoms with van der Waals surface area (Å²) in [6.45, 7) is 4.07. The van der Waals surface area contributed by atoms with Gasteiger partial charge < -0.3 is 14.8 Å². The Morgan fingerprint density at radius 1 is 1.17 bits per heavy atom. The highest BCUT2D eigenvalue weighted by molar-refractivity contribution is 5.94. The van der Waals surface area contributed by atoms with Crippen LogP contribution in [-0.2, 0) is 0 Å². The van der Waals surface area contributed by atoms with Crippen molar-refractivity contribution in [3.63, 3.8) is 0 Å². The second-order valence-electron chi connectivity index (χ2n) is 6.36. The maximum absolute atomic E-state index is 12.5. The highest BCUT2D eigenvalue weighted by Gasteiger charge is 2.34. The second-order valence-corrected chi connectivity index (χ2v) is 6.36. The fourth-order valence-electron chi connectivity index (χ4n) is 2.91. The molecule has 0 radical (unpaired) electrons. The average molecular weight is 311 g/mol. The van der Waals surface area contributed by atoms with Gasteiger partial charge >= 0.3 is 0 Å². The van der Waals surface area contributed by atoms with Crippen LogP contribution in [0.5, 0.6) is 11.5 Å². The Hall–Kier alpha value is -2.49.